The van der Waals surface area contributed by atoms with E-state index in [2.05, 4.69) is 5.32 Å². The average Bonchev–Trinajstić information content (AvgIpc) is 2.94. The summed E-state index contributed by atoms with van der Waals surface area (Å²) in [6, 6.07) is 6.27. The van der Waals surface area contributed by atoms with Crippen molar-refractivity contribution in [3.05, 3.63) is 35.6 Å². The first kappa shape index (κ1) is 16.5. The number of carbonyl (C=O) groups is 2. The molecule has 5 heteroatoms. The number of hydrogen-bond acceptors (Lipinski definition) is 2. The fourth-order valence-corrected chi connectivity index (χ4v) is 2.96. The van der Waals surface area contributed by atoms with Crippen LogP contribution in [0.5, 0.6) is 0 Å². The minimum atomic E-state index is -0.846. The first-order valence-corrected chi connectivity index (χ1v) is 7.75. The van der Waals surface area contributed by atoms with Gasteiger partial charge in [0.05, 0.1) is 5.92 Å². The summed E-state index contributed by atoms with van der Waals surface area (Å²) in [6.45, 7) is 1.79. The van der Waals surface area contributed by atoms with E-state index in [1.807, 2.05) is 0 Å². The maximum absolute atomic E-state index is 13.5. The normalized spacial score (nSPS) is 22.3. The smallest absolute Gasteiger partial charge is 0.308 e. The quantitative estimate of drug-likeness (QED) is 0.849. The number of carbonyl (C=O) groups excluding carboxylic acids is 1. The summed E-state index contributed by atoms with van der Waals surface area (Å²) in [6.07, 6.45) is 3.18. The van der Waals surface area contributed by atoms with Gasteiger partial charge in [0, 0.05) is 12.0 Å². The number of benzene rings is 1. The Labute approximate surface area is 129 Å². The van der Waals surface area contributed by atoms with Gasteiger partial charge in [-0.3, -0.25) is 9.59 Å². The molecule has 1 aromatic rings. The number of carboxylic acid groups (broad SMARTS) is 1. The van der Waals surface area contributed by atoms with E-state index in [9.17, 15) is 14.0 Å². The topological polar surface area (TPSA) is 66.4 Å². The molecule has 120 valence electrons. The number of aryl methyl sites for hydroxylation is 1. The predicted molar refractivity (Wildman–Crippen MR) is 80.8 cm³/mol. The fourth-order valence-electron chi connectivity index (χ4n) is 2.96. The summed E-state index contributed by atoms with van der Waals surface area (Å²) in [4.78, 5) is 23.3. The number of amides is 1. The lowest BCUT2D eigenvalue weighted by Crippen LogP contribution is -2.42. The Morgan fingerprint density at radius 2 is 2.09 bits per heavy atom. The molecule has 0 bridgehead atoms. The van der Waals surface area contributed by atoms with Gasteiger partial charge in [-0.05, 0) is 37.3 Å². The molecule has 2 N–H and O–H groups in total. The molecule has 1 aromatic carbocycles. The standard InChI is InChI=1S/C17H22FNO3/c1-11(9-10-12-5-2-3-7-14(12)18)16(20)19-15-8-4-6-13(15)17(21)22/h2-3,5,7,11,13,15H,4,6,8-10H2,1H3,(H,19,20)(H,21,22)/t11?,13-,15+/m0/s1. The third kappa shape index (κ3) is 4.06. The Bertz CT molecular complexity index is 546. The van der Waals surface area contributed by atoms with Gasteiger partial charge in [0.1, 0.15) is 5.82 Å². The van der Waals surface area contributed by atoms with Gasteiger partial charge in [-0.2, -0.15) is 0 Å². The van der Waals surface area contributed by atoms with Crippen LogP contribution in [0.4, 0.5) is 4.39 Å². The van der Waals surface area contributed by atoms with Gasteiger partial charge in [0.15, 0.2) is 0 Å². The van der Waals surface area contributed by atoms with Crippen molar-refractivity contribution in [1.29, 1.82) is 0 Å². The zero-order valence-corrected chi connectivity index (χ0v) is 12.7. The van der Waals surface area contributed by atoms with Gasteiger partial charge >= 0.3 is 5.97 Å². The van der Waals surface area contributed by atoms with Crippen LogP contribution in [0.2, 0.25) is 0 Å². The highest BCUT2D eigenvalue weighted by Gasteiger charge is 2.34. The second kappa shape index (κ2) is 7.38. The molecule has 22 heavy (non-hydrogen) atoms. The van der Waals surface area contributed by atoms with E-state index in [0.29, 0.717) is 31.2 Å². The zero-order chi connectivity index (χ0) is 16.1. The zero-order valence-electron chi connectivity index (χ0n) is 12.7. The van der Waals surface area contributed by atoms with E-state index >= 15 is 0 Å². The lowest BCUT2D eigenvalue weighted by atomic mass is 9.98. The van der Waals surface area contributed by atoms with E-state index in [1.54, 1.807) is 25.1 Å². The van der Waals surface area contributed by atoms with Crippen LogP contribution in [0.1, 0.15) is 38.2 Å². The molecule has 0 aliphatic heterocycles. The number of hydrogen-bond donors (Lipinski definition) is 2. The van der Waals surface area contributed by atoms with Crippen molar-refractivity contribution in [2.75, 3.05) is 0 Å². The highest BCUT2D eigenvalue weighted by Crippen LogP contribution is 2.26. The Balaban J connectivity index is 1.85. The van der Waals surface area contributed by atoms with Crippen molar-refractivity contribution < 1.29 is 19.1 Å². The van der Waals surface area contributed by atoms with E-state index in [0.717, 1.165) is 6.42 Å². The van der Waals surface area contributed by atoms with Gasteiger partial charge in [0.2, 0.25) is 5.91 Å². The van der Waals surface area contributed by atoms with Gasteiger partial charge in [-0.25, -0.2) is 4.39 Å². The second-order valence-electron chi connectivity index (χ2n) is 6.02. The molecule has 0 radical (unpaired) electrons. The third-order valence-electron chi connectivity index (χ3n) is 4.41. The minimum Gasteiger partial charge on any atom is -0.481 e. The maximum Gasteiger partial charge on any atom is 0.308 e. The minimum absolute atomic E-state index is 0.144. The van der Waals surface area contributed by atoms with Crippen molar-refractivity contribution in [3.8, 4) is 0 Å². The number of carboxylic acids is 1. The molecule has 4 nitrogen and oxygen atoms in total. The number of halogens is 1. The third-order valence-corrected chi connectivity index (χ3v) is 4.41. The van der Waals surface area contributed by atoms with Crippen LogP contribution < -0.4 is 5.32 Å². The second-order valence-corrected chi connectivity index (χ2v) is 6.02. The van der Waals surface area contributed by atoms with Crippen LogP contribution in [-0.4, -0.2) is 23.0 Å². The molecule has 1 aliphatic rings. The van der Waals surface area contributed by atoms with Gasteiger partial charge in [0.25, 0.3) is 0 Å². The molecule has 0 heterocycles. The van der Waals surface area contributed by atoms with Gasteiger partial charge in [-0.15, -0.1) is 0 Å². The lowest BCUT2D eigenvalue weighted by molar-refractivity contribution is -0.142. The van der Waals surface area contributed by atoms with Gasteiger partial charge < -0.3 is 10.4 Å². The van der Waals surface area contributed by atoms with E-state index < -0.39 is 11.9 Å². The monoisotopic (exact) mass is 307 g/mol. The molecule has 1 saturated carbocycles. The summed E-state index contributed by atoms with van der Waals surface area (Å²) >= 11 is 0. The first-order chi connectivity index (χ1) is 10.5. The molecule has 1 amide bonds. The van der Waals surface area contributed by atoms with Crippen LogP contribution >= 0.6 is 0 Å². The molecule has 2 rings (SSSR count). The number of rotatable bonds is 6. The maximum atomic E-state index is 13.5. The van der Waals surface area contributed by atoms with E-state index in [4.69, 9.17) is 5.11 Å². The first-order valence-electron chi connectivity index (χ1n) is 7.75. The van der Waals surface area contributed by atoms with Crippen LogP contribution in [0.15, 0.2) is 24.3 Å². The van der Waals surface area contributed by atoms with Crippen molar-refractivity contribution in [2.24, 2.45) is 11.8 Å². The Morgan fingerprint density at radius 3 is 2.77 bits per heavy atom. The summed E-state index contributed by atoms with van der Waals surface area (Å²) in [5.41, 5.74) is 0.603. The molecule has 0 spiro atoms. The van der Waals surface area contributed by atoms with E-state index in [-0.39, 0.29) is 23.7 Å². The van der Waals surface area contributed by atoms with Crippen LogP contribution in [0, 0.1) is 17.7 Å². The van der Waals surface area contributed by atoms with Gasteiger partial charge in [-0.1, -0.05) is 31.5 Å². The SMILES string of the molecule is CC(CCc1ccccc1F)C(=O)N[C@@H]1CCC[C@@H]1C(=O)O. The molecule has 3 atom stereocenters. The summed E-state index contributed by atoms with van der Waals surface area (Å²) < 4.78 is 13.5. The average molecular weight is 307 g/mol. The summed E-state index contributed by atoms with van der Waals surface area (Å²) in [5.74, 6) is -1.99. The van der Waals surface area contributed by atoms with Crippen LogP contribution in [-0.2, 0) is 16.0 Å². The largest absolute Gasteiger partial charge is 0.481 e. The Hall–Kier alpha value is -1.91. The van der Waals surface area contributed by atoms with E-state index in [1.165, 1.54) is 6.07 Å². The molecule has 0 saturated heterocycles. The lowest BCUT2D eigenvalue weighted by Gasteiger charge is -2.20. The van der Waals surface area contributed by atoms with Crippen molar-refractivity contribution in [1.82, 2.24) is 5.32 Å². The Morgan fingerprint density at radius 1 is 1.36 bits per heavy atom. The molecule has 1 unspecified atom stereocenters. The molecule has 0 aromatic heterocycles. The summed E-state index contributed by atoms with van der Waals surface area (Å²) in [7, 11) is 0. The predicted octanol–water partition coefficient (Wildman–Crippen LogP) is 2.76. The van der Waals surface area contributed by atoms with Crippen LogP contribution in [0.25, 0.3) is 0 Å². The molecule has 1 aliphatic carbocycles. The highest BCUT2D eigenvalue weighted by molar-refractivity contribution is 5.80. The van der Waals surface area contributed by atoms with Crippen LogP contribution in [0.3, 0.4) is 0 Å². The molecular weight excluding hydrogens is 285 g/mol. The number of aliphatic carboxylic acids is 1. The van der Waals surface area contributed by atoms with Crippen molar-refractivity contribution in [2.45, 2.75) is 45.1 Å². The number of nitrogens with one attached hydrogen (secondary N) is 1. The fraction of sp³-hybridized carbons (Fsp3) is 0.529. The Kier molecular flexibility index (Phi) is 5.52. The van der Waals surface area contributed by atoms with Crippen molar-refractivity contribution in [3.63, 3.8) is 0 Å². The highest BCUT2D eigenvalue weighted by atomic mass is 19.1. The van der Waals surface area contributed by atoms with Crippen molar-refractivity contribution >= 4 is 11.9 Å². The summed E-state index contributed by atoms with van der Waals surface area (Å²) in [5, 5.41) is 12.0. The molecular formula is C17H22FNO3. The molecule has 1 fully saturated rings.